The van der Waals surface area contributed by atoms with E-state index in [1.807, 2.05) is 36.0 Å². The Kier molecular flexibility index (Phi) is 10.3. The molecule has 0 saturated carbocycles. The van der Waals surface area contributed by atoms with Gasteiger partial charge in [0.05, 0.1) is 13.1 Å². The summed E-state index contributed by atoms with van der Waals surface area (Å²) >= 11 is 5.45. The number of carbonyl (C=O) groups excluding carboxylic acids is 1. The first-order valence-electron chi connectivity index (χ1n) is 8.49. The minimum absolute atomic E-state index is 0. The molecule has 1 aliphatic heterocycles. The molecule has 0 spiro atoms. The van der Waals surface area contributed by atoms with Crippen LogP contribution in [0.5, 0.6) is 0 Å². The van der Waals surface area contributed by atoms with Crippen molar-refractivity contribution in [3.63, 3.8) is 0 Å². The molecular weight excluding hydrogens is 527 g/mol. The number of halogens is 2. The van der Waals surface area contributed by atoms with Crippen LogP contribution in [0.25, 0.3) is 0 Å². The summed E-state index contributed by atoms with van der Waals surface area (Å²) in [6, 6.07) is 8.11. The largest absolute Gasteiger partial charge is 0.355 e. The van der Waals surface area contributed by atoms with E-state index >= 15 is 0 Å². The normalized spacial score (nSPS) is 19.6. The van der Waals surface area contributed by atoms with Crippen LogP contribution in [0.4, 0.5) is 0 Å². The Labute approximate surface area is 186 Å². The molecule has 1 aliphatic rings. The first-order valence-corrected chi connectivity index (χ1v) is 10.3. The van der Waals surface area contributed by atoms with Crippen LogP contribution in [0, 0.1) is 0 Å². The van der Waals surface area contributed by atoms with E-state index in [9.17, 15) is 4.79 Å². The summed E-state index contributed by atoms with van der Waals surface area (Å²) in [5.74, 6) is 1.93. The highest BCUT2D eigenvalue weighted by Gasteiger charge is 2.29. The maximum atomic E-state index is 11.9. The van der Waals surface area contributed by atoms with Crippen molar-refractivity contribution in [1.29, 1.82) is 0 Å². The smallest absolute Gasteiger partial charge is 0.241 e. The maximum absolute atomic E-state index is 11.9. The van der Waals surface area contributed by atoms with Crippen molar-refractivity contribution < 1.29 is 4.79 Å². The van der Waals surface area contributed by atoms with Crippen molar-refractivity contribution >= 4 is 63.5 Å². The first kappa shape index (κ1) is 23.6. The number of benzene rings is 1. The van der Waals surface area contributed by atoms with Gasteiger partial charge in [0.2, 0.25) is 5.91 Å². The lowest BCUT2D eigenvalue weighted by atomic mass is 10.1. The number of hydrogen-bond acceptors (Lipinski definition) is 3. The van der Waals surface area contributed by atoms with Gasteiger partial charge >= 0.3 is 0 Å². The lowest BCUT2D eigenvalue weighted by Crippen LogP contribution is -2.46. The summed E-state index contributed by atoms with van der Waals surface area (Å²) in [5, 5.41) is 6.57. The van der Waals surface area contributed by atoms with Crippen LogP contribution in [0.3, 0.4) is 0 Å². The van der Waals surface area contributed by atoms with Gasteiger partial charge in [-0.2, -0.15) is 11.8 Å². The second-order valence-electron chi connectivity index (χ2n) is 6.69. The summed E-state index contributed by atoms with van der Waals surface area (Å²) in [7, 11) is 3.51. The molecule has 1 aromatic carbocycles. The Hall–Kier alpha value is -0.480. The minimum atomic E-state index is 0. The predicted molar refractivity (Wildman–Crippen MR) is 125 cm³/mol. The summed E-state index contributed by atoms with van der Waals surface area (Å²) in [5.41, 5.74) is 1.13. The van der Waals surface area contributed by atoms with Gasteiger partial charge in [-0.3, -0.25) is 4.79 Å². The molecule has 0 radical (unpaired) electrons. The zero-order valence-electron chi connectivity index (χ0n) is 15.5. The highest BCUT2D eigenvalue weighted by Crippen LogP contribution is 2.36. The molecule has 0 aromatic heterocycles. The van der Waals surface area contributed by atoms with Gasteiger partial charge in [0.25, 0.3) is 0 Å². The van der Waals surface area contributed by atoms with Crippen molar-refractivity contribution in [3.8, 4) is 0 Å². The maximum Gasteiger partial charge on any atom is 0.241 e. The molecule has 1 amide bonds. The number of aliphatic imine (C=N–C) groups is 1. The number of carbonyl (C=O) groups is 1. The van der Waals surface area contributed by atoms with Crippen LogP contribution in [0.1, 0.15) is 25.3 Å². The molecule has 26 heavy (non-hydrogen) atoms. The number of thioether (sulfide) groups is 1. The van der Waals surface area contributed by atoms with Crippen LogP contribution < -0.4 is 10.6 Å². The van der Waals surface area contributed by atoms with Gasteiger partial charge in [-0.1, -0.05) is 28.1 Å². The van der Waals surface area contributed by atoms with Gasteiger partial charge in [-0.15, -0.1) is 24.0 Å². The zero-order chi connectivity index (χ0) is 18.3. The Morgan fingerprint density at radius 3 is 2.58 bits per heavy atom. The molecule has 146 valence electrons. The van der Waals surface area contributed by atoms with E-state index in [-0.39, 0.29) is 41.2 Å². The molecule has 2 N–H and O–H groups in total. The van der Waals surface area contributed by atoms with E-state index in [0.29, 0.717) is 12.5 Å². The van der Waals surface area contributed by atoms with Crippen LogP contribution in [0.2, 0.25) is 0 Å². The average molecular weight is 555 g/mol. The van der Waals surface area contributed by atoms with E-state index in [4.69, 9.17) is 0 Å². The fourth-order valence-corrected chi connectivity index (χ4v) is 4.01. The number of likely N-dealkylation sites (N-methyl/N-ethyl adjacent to an activating group) is 1. The third-order valence-corrected chi connectivity index (χ3v) is 6.24. The summed E-state index contributed by atoms with van der Waals surface area (Å²) < 4.78 is 1.30. The van der Waals surface area contributed by atoms with Gasteiger partial charge in [-0.25, -0.2) is 4.99 Å². The standard InChI is InChI=1S/C18H27BrN4OS.HI/c1-18(9-4-10-25-18)13-22-17(21-12-16(24)23(2)3)20-11-14-5-7-15(19)8-6-14;/h5-8H,4,9-13H2,1-3H3,(H2,20,21,22);1H. The first-order chi connectivity index (χ1) is 11.9. The van der Waals surface area contributed by atoms with E-state index in [2.05, 4.69) is 38.5 Å². The molecule has 0 aliphatic carbocycles. The van der Waals surface area contributed by atoms with Crippen molar-refractivity contribution in [3.05, 3.63) is 34.3 Å². The van der Waals surface area contributed by atoms with Crippen molar-refractivity contribution in [2.45, 2.75) is 31.1 Å². The Morgan fingerprint density at radius 2 is 2.00 bits per heavy atom. The van der Waals surface area contributed by atoms with E-state index in [1.54, 1.807) is 19.0 Å². The number of guanidine groups is 1. The fraction of sp³-hybridized carbons (Fsp3) is 0.556. The lowest BCUT2D eigenvalue weighted by molar-refractivity contribution is -0.127. The van der Waals surface area contributed by atoms with Gasteiger partial charge in [-0.05, 0) is 43.2 Å². The predicted octanol–water partition coefficient (Wildman–Crippen LogP) is 3.48. The number of amides is 1. The molecule has 1 atom stereocenters. The van der Waals surface area contributed by atoms with Crippen LogP contribution >= 0.6 is 51.7 Å². The average Bonchev–Trinajstić information content (AvgIpc) is 3.02. The SMILES string of the molecule is CN(C)C(=O)CNC(=NCc1ccc(Br)cc1)NCC1(C)CCCS1.I. The molecular formula is C18H28BrIN4OS. The van der Waals surface area contributed by atoms with Crippen LogP contribution in [0.15, 0.2) is 33.7 Å². The van der Waals surface area contributed by atoms with E-state index < -0.39 is 0 Å². The highest BCUT2D eigenvalue weighted by molar-refractivity contribution is 14.0. The summed E-state index contributed by atoms with van der Waals surface area (Å²) in [6.07, 6.45) is 2.47. The Morgan fingerprint density at radius 1 is 1.31 bits per heavy atom. The van der Waals surface area contributed by atoms with Crippen molar-refractivity contribution in [2.24, 2.45) is 4.99 Å². The Bertz CT molecular complexity index is 604. The van der Waals surface area contributed by atoms with Crippen molar-refractivity contribution in [1.82, 2.24) is 15.5 Å². The monoisotopic (exact) mass is 554 g/mol. The lowest BCUT2D eigenvalue weighted by Gasteiger charge is -2.24. The second-order valence-corrected chi connectivity index (χ2v) is 9.29. The third-order valence-electron chi connectivity index (χ3n) is 4.17. The van der Waals surface area contributed by atoms with Crippen LogP contribution in [-0.2, 0) is 11.3 Å². The molecule has 8 heteroatoms. The quantitative estimate of drug-likeness (QED) is 0.321. The fourth-order valence-electron chi connectivity index (χ4n) is 2.50. The number of nitrogens with one attached hydrogen (secondary N) is 2. The van der Waals surface area contributed by atoms with Gasteiger partial charge in [0.15, 0.2) is 5.96 Å². The molecule has 1 fully saturated rings. The number of hydrogen-bond donors (Lipinski definition) is 2. The second kappa shape index (κ2) is 11.4. The molecule has 0 bridgehead atoms. The molecule has 1 aromatic rings. The molecule has 2 rings (SSSR count). The minimum Gasteiger partial charge on any atom is -0.355 e. The molecule has 1 heterocycles. The van der Waals surface area contributed by atoms with Crippen LogP contribution in [-0.4, -0.2) is 54.5 Å². The summed E-state index contributed by atoms with van der Waals surface area (Å²) in [6.45, 7) is 3.95. The Balaban J connectivity index is 0.00000338. The third kappa shape index (κ3) is 8.04. The van der Waals surface area contributed by atoms with Crippen molar-refractivity contribution in [2.75, 3.05) is 32.9 Å². The van der Waals surface area contributed by atoms with Gasteiger partial charge in [0, 0.05) is 29.9 Å². The zero-order valence-corrected chi connectivity index (χ0v) is 20.3. The molecule has 1 unspecified atom stereocenters. The van der Waals surface area contributed by atoms with E-state index in [1.165, 1.54) is 18.6 Å². The number of nitrogens with zero attached hydrogens (tertiary/aromatic N) is 2. The molecule has 5 nitrogen and oxygen atoms in total. The topological polar surface area (TPSA) is 56.7 Å². The van der Waals surface area contributed by atoms with E-state index in [0.717, 1.165) is 16.6 Å². The van der Waals surface area contributed by atoms with Gasteiger partial charge in [0.1, 0.15) is 0 Å². The highest BCUT2D eigenvalue weighted by atomic mass is 127. The molecule has 1 saturated heterocycles. The van der Waals surface area contributed by atoms with Gasteiger partial charge < -0.3 is 15.5 Å². The summed E-state index contributed by atoms with van der Waals surface area (Å²) in [4.78, 5) is 18.1. The number of rotatable bonds is 6.